The minimum Gasteiger partial charge on any atom is -0.490 e. The highest BCUT2D eigenvalue weighted by atomic mass is 16.6. The first-order chi connectivity index (χ1) is 15.3. The Hall–Kier alpha value is -4.81. The third kappa shape index (κ3) is 5.02. The van der Waals surface area contributed by atoms with Crippen molar-refractivity contribution < 1.29 is 19.3 Å². The highest BCUT2D eigenvalue weighted by molar-refractivity contribution is 5.72. The molecule has 0 atom stereocenters. The van der Waals surface area contributed by atoms with E-state index in [1.807, 2.05) is 0 Å². The van der Waals surface area contributed by atoms with Gasteiger partial charge < -0.3 is 14.5 Å². The first kappa shape index (κ1) is 21.9. The summed E-state index contributed by atoms with van der Waals surface area (Å²) < 4.78 is 11.2. The molecule has 0 aliphatic carbocycles. The fourth-order valence-corrected chi connectivity index (χ4v) is 2.61. The average Bonchev–Trinajstić information content (AvgIpc) is 2.73. The van der Waals surface area contributed by atoms with Crippen molar-refractivity contribution in [3.8, 4) is 17.4 Å². The van der Waals surface area contributed by atoms with Crippen molar-refractivity contribution in [1.29, 1.82) is 0 Å². The Morgan fingerprint density at radius 1 is 1.03 bits per heavy atom. The zero-order chi connectivity index (χ0) is 23.3. The largest absolute Gasteiger partial charge is 0.490 e. The van der Waals surface area contributed by atoms with Crippen LogP contribution in [0.15, 0.2) is 46.1 Å². The van der Waals surface area contributed by atoms with Gasteiger partial charge in [-0.15, -0.1) is 0 Å². The smallest absolute Gasteiger partial charge is 0.357 e. The van der Waals surface area contributed by atoms with Crippen molar-refractivity contribution in [2.75, 3.05) is 6.61 Å². The predicted octanol–water partition coefficient (Wildman–Crippen LogP) is 2.64. The second kappa shape index (κ2) is 9.34. The fraction of sp³-hybridized carbons (Fsp3) is 0.105. The van der Waals surface area contributed by atoms with Crippen LogP contribution in [0.25, 0.3) is 12.2 Å². The third-order valence-electron chi connectivity index (χ3n) is 3.98. The summed E-state index contributed by atoms with van der Waals surface area (Å²) >= 11 is 0. The van der Waals surface area contributed by atoms with E-state index in [1.54, 1.807) is 30.1 Å². The molecule has 13 heteroatoms. The molecule has 0 radical (unpaired) electrons. The van der Waals surface area contributed by atoms with Gasteiger partial charge in [0.15, 0.2) is 11.5 Å². The summed E-state index contributed by atoms with van der Waals surface area (Å²) in [5.41, 5.74) is -2.72. The SMILES string of the molecule is CCOc1cc(/C=C/c2[nH]c(=O)[nH]c(=O)c2[N+](=O)[O-])ccc1Oc1ccc([N+](=O)[O-])cn1. The second-order valence-corrected chi connectivity index (χ2v) is 6.11. The fourth-order valence-electron chi connectivity index (χ4n) is 2.61. The van der Waals surface area contributed by atoms with Gasteiger partial charge in [0.2, 0.25) is 5.88 Å². The van der Waals surface area contributed by atoms with Gasteiger partial charge in [-0.3, -0.25) is 30.0 Å². The van der Waals surface area contributed by atoms with E-state index in [0.29, 0.717) is 17.9 Å². The number of hydrogen-bond acceptors (Lipinski definition) is 9. The molecule has 1 aromatic carbocycles. The lowest BCUT2D eigenvalue weighted by Crippen LogP contribution is -2.25. The summed E-state index contributed by atoms with van der Waals surface area (Å²) in [7, 11) is 0. The molecule has 0 aliphatic heterocycles. The van der Waals surface area contributed by atoms with Crippen molar-refractivity contribution in [2.24, 2.45) is 0 Å². The number of rotatable bonds is 8. The molecule has 2 heterocycles. The maximum Gasteiger partial charge on any atom is 0.357 e. The summed E-state index contributed by atoms with van der Waals surface area (Å²) in [6.07, 6.45) is 3.72. The molecule has 164 valence electrons. The van der Waals surface area contributed by atoms with E-state index in [-0.39, 0.29) is 23.0 Å². The Kier molecular flexibility index (Phi) is 6.39. The number of benzene rings is 1. The van der Waals surface area contributed by atoms with E-state index in [9.17, 15) is 29.8 Å². The van der Waals surface area contributed by atoms with Crippen molar-refractivity contribution in [3.63, 3.8) is 0 Å². The minimum atomic E-state index is -1.12. The van der Waals surface area contributed by atoms with Crippen LogP contribution in [0.3, 0.4) is 0 Å². The van der Waals surface area contributed by atoms with Crippen LogP contribution in [-0.2, 0) is 0 Å². The summed E-state index contributed by atoms with van der Waals surface area (Å²) in [6, 6.07) is 7.29. The quantitative estimate of drug-likeness (QED) is 0.392. The topological polar surface area (TPSA) is 183 Å². The zero-order valence-corrected chi connectivity index (χ0v) is 16.4. The van der Waals surface area contributed by atoms with E-state index in [1.165, 1.54) is 24.3 Å². The number of hydrogen-bond donors (Lipinski definition) is 2. The molecule has 0 saturated heterocycles. The first-order valence-electron chi connectivity index (χ1n) is 9.02. The maximum absolute atomic E-state index is 11.7. The van der Waals surface area contributed by atoms with Crippen molar-refractivity contribution in [2.45, 2.75) is 6.92 Å². The van der Waals surface area contributed by atoms with Gasteiger partial charge in [0.25, 0.3) is 5.69 Å². The molecule has 0 unspecified atom stereocenters. The van der Waals surface area contributed by atoms with E-state index < -0.39 is 26.8 Å². The molecular formula is C19H15N5O8. The Morgan fingerprint density at radius 2 is 1.81 bits per heavy atom. The second-order valence-electron chi connectivity index (χ2n) is 6.11. The maximum atomic E-state index is 11.7. The number of aromatic nitrogens is 3. The molecule has 0 spiro atoms. The molecule has 0 amide bonds. The molecule has 0 saturated carbocycles. The van der Waals surface area contributed by atoms with Crippen LogP contribution in [0.5, 0.6) is 17.4 Å². The number of nitrogens with one attached hydrogen (secondary N) is 2. The van der Waals surface area contributed by atoms with Crippen LogP contribution < -0.4 is 20.7 Å². The van der Waals surface area contributed by atoms with Crippen molar-refractivity contribution in [1.82, 2.24) is 15.0 Å². The Balaban J connectivity index is 1.91. The molecule has 0 bridgehead atoms. The molecule has 0 fully saturated rings. The van der Waals surface area contributed by atoms with Gasteiger partial charge in [-0.25, -0.2) is 9.78 Å². The van der Waals surface area contributed by atoms with Crippen LogP contribution in [0.2, 0.25) is 0 Å². The highest BCUT2D eigenvalue weighted by Crippen LogP contribution is 2.33. The Morgan fingerprint density at radius 3 is 2.44 bits per heavy atom. The average molecular weight is 441 g/mol. The number of nitro groups is 2. The lowest BCUT2D eigenvalue weighted by atomic mass is 10.1. The van der Waals surface area contributed by atoms with Crippen molar-refractivity contribution in [3.05, 3.63) is 88.9 Å². The van der Waals surface area contributed by atoms with Crippen LogP contribution in [-0.4, -0.2) is 31.4 Å². The zero-order valence-electron chi connectivity index (χ0n) is 16.4. The number of ether oxygens (including phenoxy) is 2. The minimum absolute atomic E-state index is 0.108. The summed E-state index contributed by atoms with van der Waals surface area (Å²) in [4.78, 5) is 51.4. The number of aromatic amines is 2. The summed E-state index contributed by atoms with van der Waals surface area (Å²) in [5.74, 6) is 0.696. The lowest BCUT2D eigenvalue weighted by molar-refractivity contribution is -0.386. The van der Waals surface area contributed by atoms with Crippen LogP contribution in [0, 0.1) is 20.2 Å². The molecule has 0 aliphatic rings. The standard InChI is InChI=1S/C19H15N5O8/c1-2-31-15-9-11(3-6-13-17(24(29)30)18(25)22-19(26)21-13)4-7-14(15)32-16-8-5-12(10-20-16)23(27)28/h3-10H,2H2,1H3,(H2,21,22,25,26)/b6-3+. The van der Waals surface area contributed by atoms with E-state index >= 15 is 0 Å². The summed E-state index contributed by atoms with van der Waals surface area (Å²) in [6.45, 7) is 2.05. The molecule has 3 rings (SSSR count). The number of H-pyrrole nitrogens is 2. The molecule has 3 aromatic rings. The van der Waals surface area contributed by atoms with E-state index in [2.05, 4.69) is 9.97 Å². The highest BCUT2D eigenvalue weighted by Gasteiger charge is 2.19. The normalized spacial score (nSPS) is 10.8. The van der Waals surface area contributed by atoms with Crippen LogP contribution >= 0.6 is 0 Å². The molecule has 2 N–H and O–H groups in total. The van der Waals surface area contributed by atoms with E-state index in [4.69, 9.17) is 9.47 Å². The third-order valence-corrected chi connectivity index (χ3v) is 3.98. The molecular weight excluding hydrogens is 426 g/mol. The summed E-state index contributed by atoms with van der Waals surface area (Å²) in [5, 5.41) is 21.9. The van der Waals surface area contributed by atoms with Gasteiger partial charge in [-0.05, 0) is 30.7 Å². The molecule has 2 aromatic heterocycles. The van der Waals surface area contributed by atoms with Gasteiger partial charge >= 0.3 is 16.9 Å². The Labute approximate surface area is 178 Å². The van der Waals surface area contributed by atoms with Gasteiger partial charge in [0, 0.05) is 12.1 Å². The van der Waals surface area contributed by atoms with Gasteiger partial charge in [0.1, 0.15) is 11.9 Å². The van der Waals surface area contributed by atoms with Gasteiger partial charge in [-0.1, -0.05) is 12.1 Å². The monoisotopic (exact) mass is 441 g/mol. The van der Waals surface area contributed by atoms with Crippen molar-refractivity contribution >= 4 is 23.5 Å². The van der Waals surface area contributed by atoms with Crippen LogP contribution in [0.4, 0.5) is 11.4 Å². The number of pyridine rings is 1. The van der Waals surface area contributed by atoms with Gasteiger partial charge in [0.05, 0.1) is 16.5 Å². The molecule has 32 heavy (non-hydrogen) atoms. The first-order valence-corrected chi connectivity index (χ1v) is 9.02. The molecule has 13 nitrogen and oxygen atoms in total. The van der Waals surface area contributed by atoms with Crippen LogP contribution in [0.1, 0.15) is 18.2 Å². The number of nitrogens with zero attached hydrogens (tertiary/aromatic N) is 3. The lowest BCUT2D eigenvalue weighted by Gasteiger charge is -2.11. The van der Waals surface area contributed by atoms with Gasteiger partial charge in [-0.2, -0.15) is 0 Å². The Bertz CT molecular complexity index is 1310. The van der Waals surface area contributed by atoms with E-state index in [0.717, 1.165) is 6.20 Å². The predicted molar refractivity (Wildman–Crippen MR) is 112 cm³/mol.